The van der Waals surface area contributed by atoms with Gasteiger partial charge in [-0.1, -0.05) is 11.6 Å². The van der Waals surface area contributed by atoms with Gasteiger partial charge in [0, 0.05) is 37.1 Å². The minimum absolute atomic E-state index is 0.0343. The van der Waals surface area contributed by atoms with Crippen LogP contribution in [0.15, 0.2) is 48.8 Å². The Morgan fingerprint density at radius 1 is 1.08 bits per heavy atom. The second kappa shape index (κ2) is 10.7. The number of nitrogens with one attached hydrogen (secondary N) is 1. The average molecular weight is 548 g/mol. The Morgan fingerprint density at radius 3 is 2.61 bits per heavy atom. The van der Waals surface area contributed by atoms with Gasteiger partial charge in [-0.25, -0.2) is 14.8 Å². The molecule has 0 saturated carbocycles. The first-order valence-corrected chi connectivity index (χ1v) is 12.5. The molecule has 1 N–H and O–H groups in total. The molecule has 3 aromatic rings. The molecule has 1 fully saturated rings. The van der Waals surface area contributed by atoms with Crippen LogP contribution in [0.3, 0.4) is 0 Å². The van der Waals surface area contributed by atoms with Crippen molar-refractivity contribution in [3.05, 3.63) is 65.1 Å². The number of fused-ring (bicyclic) bond motifs is 1. The fourth-order valence-corrected chi connectivity index (χ4v) is 4.69. The van der Waals surface area contributed by atoms with Gasteiger partial charge in [0.2, 0.25) is 5.88 Å². The van der Waals surface area contributed by atoms with E-state index in [4.69, 9.17) is 21.1 Å². The van der Waals surface area contributed by atoms with E-state index < -0.39 is 17.8 Å². The van der Waals surface area contributed by atoms with Crippen molar-refractivity contribution in [2.24, 2.45) is 0 Å². The molecule has 12 heteroatoms. The smallest absolute Gasteiger partial charge is 0.420 e. The van der Waals surface area contributed by atoms with E-state index in [9.17, 15) is 18.0 Å². The maximum atomic E-state index is 13.9. The second-order valence-electron chi connectivity index (χ2n) is 9.23. The number of benzene rings is 2. The summed E-state index contributed by atoms with van der Waals surface area (Å²) in [4.78, 5) is 24.4. The summed E-state index contributed by atoms with van der Waals surface area (Å²) in [6.45, 7) is 1.90. The molecule has 38 heavy (non-hydrogen) atoms. The number of anilines is 2. The predicted octanol–water partition coefficient (Wildman–Crippen LogP) is 6.01. The highest BCUT2D eigenvalue weighted by molar-refractivity contribution is 6.29. The molecule has 8 nitrogen and oxygen atoms in total. The van der Waals surface area contributed by atoms with Gasteiger partial charge in [-0.15, -0.1) is 0 Å². The lowest BCUT2D eigenvalue weighted by molar-refractivity contribution is -0.139. The summed E-state index contributed by atoms with van der Waals surface area (Å²) in [6.07, 6.45) is -1.77. The van der Waals surface area contributed by atoms with E-state index in [1.807, 2.05) is 7.05 Å². The third kappa shape index (κ3) is 5.94. The Balaban J connectivity index is 1.28. The molecule has 1 saturated heterocycles. The molecular weight excluding hydrogens is 523 g/mol. The molecule has 2 aliphatic heterocycles. The molecule has 3 heterocycles. The summed E-state index contributed by atoms with van der Waals surface area (Å²) in [5.41, 5.74) is 0.624. The summed E-state index contributed by atoms with van der Waals surface area (Å²) in [7, 11) is 1.97. The van der Waals surface area contributed by atoms with Crippen LogP contribution < -0.4 is 19.7 Å². The highest BCUT2D eigenvalue weighted by Gasteiger charge is 2.36. The molecule has 2 aromatic carbocycles. The van der Waals surface area contributed by atoms with Crippen LogP contribution in [0.1, 0.15) is 24.0 Å². The number of carbonyl (C=O) groups excluding carboxylic acids is 1. The van der Waals surface area contributed by atoms with Crippen LogP contribution in [0.5, 0.6) is 17.4 Å². The molecule has 200 valence electrons. The van der Waals surface area contributed by atoms with Crippen LogP contribution in [0.2, 0.25) is 5.15 Å². The lowest BCUT2D eigenvalue weighted by atomic mass is 10.1. The van der Waals surface area contributed by atoms with Gasteiger partial charge in [0.1, 0.15) is 29.1 Å². The molecular formula is C26H25ClF3N5O3. The predicted molar refractivity (Wildman–Crippen MR) is 136 cm³/mol. The van der Waals surface area contributed by atoms with Gasteiger partial charge in [0.05, 0.1) is 5.56 Å². The number of amides is 2. The lowest BCUT2D eigenvalue weighted by Gasteiger charge is -2.30. The van der Waals surface area contributed by atoms with Crippen molar-refractivity contribution < 1.29 is 27.4 Å². The maximum Gasteiger partial charge on any atom is 0.420 e. The molecule has 0 spiro atoms. The van der Waals surface area contributed by atoms with Gasteiger partial charge in [-0.2, -0.15) is 13.2 Å². The number of hydrogen-bond donors (Lipinski definition) is 1. The Labute approximate surface area is 222 Å². The Bertz CT molecular complexity index is 1330. The van der Waals surface area contributed by atoms with Crippen molar-refractivity contribution in [1.82, 2.24) is 14.9 Å². The Kier molecular flexibility index (Phi) is 7.31. The van der Waals surface area contributed by atoms with Crippen LogP contribution in [-0.2, 0) is 12.6 Å². The minimum Gasteiger partial charge on any atom is -0.490 e. The summed E-state index contributed by atoms with van der Waals surface area (Å²) in [5.74, 6) is 0.561. The van der Waals surface area contributed by atoms with Crippen LogP contribution in [0.4, 0.5) is 29.3 Å². The highest BCUT2D eigenvalue weighted by Crippen LogP contribution is 2.39. The number of rotatable bonds is 5. The van der Waals surface area contributed by atoms with E-state index in [0.29, 0.717) is 37.2 Å². The molecule has 2 aliphatic rings. The van der Waals surface area contributed by atoms with Crippen LogP contribution in [-0.4, -0.2) is 53.7 Å². The molecule has 1 aromatic heterocycles. The quantitative estimate of drug-likeness (QED) is 0.394. The van der Waals surface area contributed by atoms with Gasteiger partial charge in [-0.05, 0) is 68.3 Å². The molecule has 0 radical (unpaired) electrons. The number of hydrogen-bond acceptors (Lipinski definition) is 6. The van der Waals surface area contributed by atoms with Crippen molar-refractivity contribution in [3.63, 3.8) is 0 Å². The van der Waals surface area contributed by atoms with Gasteiger partial charge in [-0.3, -0.25) is 4.90 Å². The third-order valence-electron chi connectivity index (χ3n) is 6.52. The fraction of sp³-hybridized carbons (Fsp3) is 0.346. The molecule has 0 aliphatic carbocycles. The standard InChI is InChI=1S/C26H25ClF3N5O3/c1-34-9-7-18(8-10-34)37-22-5-2-17(13-20(22)26(28,29)30)33-25(36)35-11-6-16-12-19(3-4-21(16)35)38-24-14-23(27)31-15-32-24/h2-5,12-15,18H,6-11H2,1H3,(H,33,36). The normalized spacial score (nSPS) is 16.3. The number of urea groups is 1. The number of nitrogens with zero attached hydrogens (tertiary/aromatic N) is 4. The van der Waals surface area contributed by atoms with E-state index in [-0.39, 0.29) is 28.6 Å². The molecule has 0 unspecified atom stereocenters. The fourth-order valence-electron chi connectivity index (χ4n) is 4.55. The largest absolute Gasteiger partial charge is 0.490 e. The van der Waals surface area contributed by atoms with Gasteiger partial charge >= 0.3 is 12.2 Å². The second-order valence-corrected chi connectivity index (χ2v) is 9.62. The highest BCUT2D eigenvalue weighted by atomic mass is 35.5. The van der Waals surface area contributed by atoms with Crippen LogP contribution in [0, 0.1) is 0 Å². The third-order valence-corrected chi connectivity index (χ3v) is 6.72. The molecule has 0 atom stereocenters. The minimum atomic E-state index is -4.63. The number of alkyl halides is 3. The van der Waals surface area contributed by atoms with Crippen molar-refractivity contribution in [2.75, 3.05) is 36.9 Å². The number of carbonyl (C=O) groups is 1. The van der Waals surface area contributed by atoms with E-state index in [0.717, 1.165) is 24.7 Å². The average Bonchev–Trinajstić information content (AvgIpc) is 3.29. The zero-order chi connectivity index (χ0) is 26.9. The topological polar surface area (TPSA) is 79.8 Å². The monoisotopic (exact) mass is 547 g/mol. The maximum absolute atomic E-state index is 13.9. The van der Waals surface area contributed by atoms with E-state index >= 15 is 0 Å². The molecule has 2 amide bonds. The SMILES string of the molecule is CN1CCC(Oc2ccc(NC(=O)N3CCc4cc(Oc5cc(Cl)ncn5)ccc43)cc2C(F)(F)F)CC1. The van der Waals surface area contributed by atoms with Gasteiger partial charge in [0.25, 0.3) is 0 Å². The number of likely N-dealkylation sites (tertiary alicyclic amines) is 1. The number of aromatic nitrogens is 2. The van der Waals surface area contributed by atoms with Crippen molar-refractivity contribution in [3.8, 4) is 17.4 Å². The summed E-state index contributed by atoms with van der Waals surface area (Å²) in [6, 6.07) is 9.76. The first kappa shape index (κ1) is 26.1. The lowest BCUT2D eigenvalue weighted by Crippen LogP contribution is -2.36. The van der Waals surface area contributed by atoms with Gasteiger partial charge < -0.3 is 19.7 Å². The summed E-state index contributed by atoms with van der Waals surface area (Å²) < 4.78 is 53.0. The Hall–Kier alpha value is -3.57. The number of piperidine rings is 1. The molecule has 0 bridgehead atoms. The van der Waals surface area contributed by atoms with Crippen molar-refractivity contribution >= 4 is 29.0 Å². The molecule has 5 rings (SSSR count). The van der Waals surface area contributed by atoms with E-state index in [1.54, 1.807) is 18.2 Å². The van der Waals surface area contributed by atoms with Crippen LogP contribution >= 0.6 is 11.6 Å². The van der Waals surface area contributed by atoms with Crippen molar-refractivity contribution in [2.45, 2.75) is 31.5 Å². The summed E-state index contributed by atoms with van der Waals surface area (Å²) in [5, 5.41) is 2.84. The number of halogens is 4. The van der Waals surface area contributed by atoms with Gasteiger partial charge in [0.15, 0.2) is 0 Å². The number of ether oxygens (including phenoxy) is 2. The first-order valence-electron chi connectivity index (χ1n) is 12.1. The van der Waals surface area contributed by atoms with Crippen molar-refractivity contribution in [1.29, 1.82) is 0 Å². The summed E-state index contributed by atoms with van der Waals surface area (Å²) >= 11 is 5.86. The van der Waals surface area contributed by atoms with E-state index in [2.05, 4.69) is 20.2 Å². The van der Waals surface area contributed by atoms with Crippen LogP contribution in [0.25, 0.3) is 0 Å². The zero-order valence-electron chi connectivity index (χ0n) is 20.5. The Morgan fingerprint density at radius 2 is 1.87 bits per heavy atom. The first-order chi connectivity index (χ1) is 18.2. The van der Waals surface area contributed by atoms with E-state index in [1.165, 1.54) is 29.4 Å². The zero-order valence-corrected chi connectivity index (χ0v) is 21.2.